The van der Waals surface area contributed by atoms with Crippen molar-refractivity contribution in [2.24, 2.45) is 0 Å². The van der Waals surface area contributed by atoms with Gasteiger partial charge in [-0.05, 0) is 37.5 Å². The summed E-state index contributed by atoms with van der Waals surface area (Å²) in [5, 5.41) is 0. The molecule has 0 spiro atoms. The number of hydrogen-bond acceptors (Lipinski definition) is 1. The van der Waals surface area contributed by atoms with E-state index in [1.807, 2.05) is 30.0 Å². The van der Waals surface area contributed by atoms with Gasteiger partial charge in [0.05, 0.1) is 0 Å². The first-order valence-corrected chi connectivity index (χ1v) is 6.04. The first-order valence-electron chi connectivity index (χ1n) is 5.25. The van der Waals surface area contributed by atoms with Gasteiger partial charge in [-0.15, -0.1) is 0 Å². The Hall–Kier alpha value is -0.830. The van der Waals surface area contributed by atoms with Crippen LogP contribution in [0.25, 0.3) is 0 Å². The van der Waals surface area contributed by atoms with Gasteiger partial charge in [0.1, 0.15) is 0 Å². The van der Waals surface area contributed by atoms with E-state index in [1.54, 1.807) is 0 Å². The third-order valence-corrected chi connectivity index (χ3v) is 3.64. The maximum atomic E-state index is 11.7. The zero-order chi connectivity index (χ0) is 10.8. The highest BCUT2D eigenvalue weighted by Crippen LogP contribution is 2.26. The highest BCUT2D eigenvalue weighted by molar-refractivity contribution is 9.10. The minimum Gasteiger partial charge on any atom is -0.312 e. The van der Waals surface area contributed by atoms with Crippen molar-refractivity contribution in [3.05, 3.63) is 28.2 Å². The zero-order valence-electron chi connectivity index (χ0n) is 8.79. The molecule has 0 aromatic heterocycles. The number of anilines is 1. The molecule has 0 unspecified atom stereocenters. The number of benzene rings is 1. The number of carbonyl (C=O) groups excluding carboxylic acids is 1. The fourth-order valence-corrected chi connectivity index (χ4v) is 2.20. The van der Waals surface area contributed by atoms with E-state index in [4.69, 9.17) is 0 Å². The Morgan fingerprint density at radius 1 is 1.33 bits per heavy atom. The smallest absolute Gasteiger partial charge is 0.226 e. The number of carbonyl (C=O) groups is 1. The first kappa shape index (κ1) is 10.7. The summed E-state index contributed by atoms with van der Waals surface area (Å²) in [7, 11) is 0. The van der Waals surface area contributed by atoms with E-state index in [1.165, 1.54) is 5.56 Å². The lowest BCUT2D eigenvalue weighted by atomic mass is 10.1. The van der Waals surface area contributed by atoms with Gasteiger partial charge in [0.2, 0.25) is 5.91 Å². The number of amides is 1. The summed E-state index contributed by atoms with van der Waals surface area (Å²) in [6.07, 6.45) is 2.82. The van der Waals surface area contributed by atoms with Crippen LogP contribution in [-0.4, -0.2) is 12.5 Å². The fourth-order valence-electron chi connectivity index (χ4n) is 1.83. The molecule has 1 heterocycles. The summed E-state index contributed by atoms with van der Waals surface area (Å²) < 4.78 is 1.07. The van der Waals surface area contributed by atoms with Crippen molar-refractivity contribution >= 4 is 27.5 Å². The topological polar surface area (TPSA) is 20.3 Å². The lowest BCUT2D eigenvalue weighted by Crippen LogP contribution is -2.35. The maximum absolute atomic E-state index is 11.7. The van der Waals surface area contributed by atoms with Gasteiger partial charge in [0.25, 0.3) is 0 Å². The highest BCUT2D eigenvalue weighted by Gasteiger charge is 2.19. The van der Waals surface area contributed by atoms with Crippen LogP contribution in [0.1, 0.15) is 24.8 Å². The minimum atomic E-state index is 0.247. The Labute approximate surface area is 98.4 Å². The van der Waals surface area contributed by atoms with Gasteiger partial charge in [-0.25, -0.2) is 0 Å². The molecule has 1 aliphatic rings. The van der Waals surface area contributed by atoms with Gasteiger partial charge < -0.3 is 4.90 Å². The molecule has 80 valence electrons. The van der Waals surface area contributed by atoms with E-state index in [0.29, 0.717) is 6.42 Å². The summed E-state index contributed by atoms with van der Waals surface area (Å²) in [6.45, 7) is 2.90. The standard InChI is InChI=1S/C12H14BrNO/c1-9-5-6-10(8-11(9)13)14-7-3-2-4-12(14)15/h5-6,8H,2-4,7H2,1H3. The Balaban J connectivity index is 2.28. The largest absolute Gasteiger partial charge is 0.312 e. The van der Waals surface area contributed by atoms with E-state index in [-0.39, 0.29) is 5.91 Å². The van der Waals surface area contributed by atoms with Crippen LogP contribution in [0.2, 0.25) is 0 Å². The van der Waals surface area contributed by atoms with Crippen LogP contribution in [0, 0.1) is 6.92 Å². The molecule has 1 aliphatic heterocycles. The molecular formula is C12H14BrNO. The molecule has 15 heavy (non-hydrogen) atoms. The van der Waals surface area contributed by atoms with Gasteiger partial charge in [-0.3, -0.25) is 4.79 Å². The van der Waals surface area contributed by atoms with Crippen LogP contribution in [0.4, 0.5) is 5.69 Å². The molecular weight excluding hydrogens is 254 g/mol. The molecule has 0 bridgehead atoms. The first-order chi connectivity index (χ1) is 7.18. The van der Waals surface area contributed by atoms with Crippen molar-refractivity contribution in [2.75, 3.05) is 11.4 Å². The molecule has 1 fully saturated rings. The number of halogens is 1. The predicted octanol–water partition coefficient (Wildman–Crippen LogP) is 3.27. The van der Waals surface area contributed by atoms with Gasteiger partial charge in [0, 0.05) is 23.1 Å². The maximum Gasteiger partial charge on any atom is 0.226 e. The molecule has 2 nitrogen and oxygen atoms in total. The Morgan fingerprint density at radius 2 is 2.13 bits per heavy atom. The van der Waals surface area contributed by atoms with E-state index in [0.717, 1.165) is 29.5 Å². The van der Waals surface area contributed by atoms with Crippen molar-refractivity contribution in [2.45, 2.75) is 26.2 Å². The molecule has 0 saturated carbocycles. The van der Waals surface area contributed by atoms with Crippen molar-refractivity contribution in [1.82, 2.24) is 0 Å². The normalized spacial score (nSPS) is 16.9. The predicted molar refractivity (Wildman–Crippen MR) is 65.1 cm³/mol. The molecule has 3 heteroatoms. The second kappa shape index (κ2) is 4.35. The Kier molecular flexibility index (Phi) is 3.10. The summed E-state index contributed by atoms with van der Waals surface area (Å²) in [5.41, 5.74) is 2.21. The van der Waals surface area contributed by atoms with Crippen molar-refractivity contribution in [3.63, 3.8) is 0 Å². The third-order valence-electron chi connectivity index (χ3n) is 2.79. The lowest BCUT2D eigenvalue weighted by molar-refractivity contribution is -0.119. The average molecular weight is 268 g/mol. The third kappa shape index (κ3) is 2.23. The molecule has 0 N–H and O–H groups in total. The van der Waals surface area contributed by atoms with Crippen molar-refractivity contribution in [3.8, 4) is 0 Å². The second-order valence-corrected chi connectivity index (χ2v) is 4.79. The molecule has 1 saturated heterocycles. The second-order valence-electron chi connectivity index (χ2n) is 3.94. The molecule has 2 rings (SSSR count). The lowest BCUT2D eigenvalue weighted by Gasteiger charge is -2.27. The Bertz CT molecular complexity index is 389. The molecule has 1 aromatic rings. The van der Waals surface area contributed by atoms with E-state index < -0.39 is 0 Å². The van der Waals surface area contributed by atoms with Crippen molar-refractivity contribution in [1.29, 1.82) is 0 Å². The van der Waals surface area contributed by atoms with Gasteiger partial charge >= 0.3 is 0 Å². The zero-order valence-corrected chi connectivity index (χ0v) is 10.4. The molecule has 1 aromatic carbocycles. The van der Waals surface area contributed by atoms with Crippen LogP contribution >= 0.6 is 15.9 Å². The SMILES string of the molecule is Cc1ccc(N2CCCCC2=O)cc1Br. The minimum absolute atomic E-state index is 0.247. The van der Waals surface area contributed by atoms with Crippen LogP contribution in [-0.2, 0) is 4.79 Å². The Morgan fingerprint density at radius 3 is 2.80 bits per heavy atom. The van der Waals surface area contributed by atoms with E-state index in [9.17, 15) is 4.79 Å². The number of piperidine rings is 1. The molecule has 0 atom stereocenters. The molecule has 0 aliphatic carbocycles. The quantitative estimate of drug-likeness (QED) is 0.765. The van der Waals surface area contributed by atoms with Crippen molar-refractivity contribution < 1.29 is 4.79 Å². The average Bonchev–Trinajstić information content (AvgIpc) is 2.23. The van der Waals surface area contributed by atoms with Crippen LogP contribution < -0.4 is 4.90 Å². The summed E-state index contributed by atoms with van der Waals surface area (Å²) >= 11 is 3.49. The number of aryl methyl sites for hydroxylation is 1. The van der Waals surface area contributed by atoms with Crippen LogP contribution in [0.3, 0.4) is 0 Å². The van der Waals surface area contributed by atoms with E-state index in [2.05, 4.69) is 15.9 Å². The summed E-state index contributed by atoms with van der Waals surface area (Å²) in [5.74, 6) is 0.247. The van der Waals surface area contributed by atoms with Gasteiger partial charge in [0.15, 0.2) is 0 Å². The van der Waals surface area contributed by atoms with E-state index >= 15 is 0 Å². The monoisotopic (exact) mass is 267 g/mol. The fraction of sp³-hybridized carbons (Fsp3) is 0.417. The summed E-state index contributed by atoms with van der Waals surface area (Å²) in [4.78, 5) is 13.6. The highest BCUT2D eigenvalue weighted by atomic mass is 79.9. The molecule has 1 amide bonds. The number of nitrogens with zero attached hydrogens (tertiary/aromatic N) is 1. The number of rotatable bonds is 1. The van der Waals surface area contributed by atoms with Gasteiger partial charge in [-0.1, -0.05) is 22.0 Å². The molecule has 0 radical (unpaired) electrons. The van der Waals surface area contributed by atoms with Crippen LogP contribution in [0.15, 0.2) is 22.7 Å². The summed E-state index contributed by atoms with van der Waals surface area (Å²) in [6, 6.07) is 6.09. The van der Waals surface area contributed by atoms with Gasteiger partial charge in [-0.2, -0.15) is 0 Å². The van der Waals surface area contributed by atoms with Crippen LogP contribution in [0.5, 0.6) is 0 Å². The number of hydrogen-bond donors (Lipinski definition) is 0.